The standard InChI is InChI=1S/C29H43N3O2/c1-10-19(6)27-22(15-21(11-2)17-34-9)14-20(7)28(32-27)23-16-24(29(33)30-8)26(13-18(4)5)31-25(23)12-3/h10,14,16,18,21H,11-13,15,17H2,1-9H3,(H,30,33)/b19-10-. The molecule has 1 atom stereocenters. The monoisotopic (exact) mass is 465 g/mol. The van der Waals surface area contributed by atoms with Gasteiger partial charge in [-0.1, -0.05) is 46.3 Å². The zero-order valence-corrected chi connectivity index (χ0v) is 22.6. The number of rotatable bonds is 11. The molecule has 5 heteroatoms. The van der Waals surface area contributed by atoms with Crippen LogP contribution in [0.25, 0.3) is 16.8 Å². The number of methoxy groups -OCH3 is 1. The molecule has 0 radical (unpaired) electrons. The van der Waals surface area contributed by atoms with Gasteiger partial charge in [0.2, 0.25) is 0 Å². The average molecular weight is 466 g/mol. The van der Waals surface area contributed by atoms with Gasteiger partial charge in [-0.05, 0) is 74.6 Å². The molecule has 34 heavy (non-hydrogen) atoms. The lowest BCUT2D eigenvalue weighted by atomic mass is 9.91. The molecule has 186 valence electrons. The van der Waals surface area contributed by atoms with Crippen LogP contribution < -0.4 is 5.32 Å². The van der Waals surface area contributed by atoms with Gasteiger partial charge < -0.3 is 10.1 Å². The molecule has 1 unspecified atom stereocenters. The lowest BCUT2D eigenvalue weighted by Crippen LogP contribution is -2.22. The van der Waals surface area contributed by atoms with Crippen LogP contribution in [-0.2, 0) is 24.0 Å². The maximum atomic E-state index is 12.8. The lowest BCUT2D eigenvalue weighted by Gasteiger charge is -2.20. The number of aromatic nitrogens is 2. The fraction of sp³-hybridized carbons (Fsp3) is 0.552. The summed E-state index contributed by atoms with van der Waals surface area (Å²) in [6.07, 6.45) is 5.64. The molecule has 0 fully saturated rings. The van der Waals surface area contributed by atoms with E-state index in [1.165, 1.54) is 5.56 Å². The summed E-state index contributed by atoms with van der Waals surface area (Å²) in [6, 6.07) is 4.27. The maximum Gasteiger partial charge on any atom is 0.252 e. The molecule has 0 saturated carbocycles. The smallest absolute Gasteiger partial charge is 0.252 e. The van der Waals surface area contributed by atoms with E-state index in [1.807, 2.05) is 6.07 Å². The Morgan fingerprint density at radius 3 is 2.38 bits per heavy atom. The number of carbonyl (C=O) groups excluding carboxylic acids is 1. The second-order valence-electron chi connectivity index (χ2n) is 9.57. The van der Waals surface area contributed by atoms with Crippen molar-refractivity contribution in [3.63, 3.8) is 0 Å². The third kappa shape index (κ3) is 6.53. The summed E-state index contributed by atoms with van der Waals surface area (Å²) >= 11 is 0. The average Bonchev–Trinajstić information content (AvgIpc) is 2.82. The van der Waals surface area contributed by atoms with Gasteiger partial charge in [-0.25, -0.2) is 4.98 Å². The molecule has 0 saturated heterocycles. The molecule has 1 amide bonds. The number of aryl methyl sites for hydroxylation is 2. The zero-order chi connectivity index (χ0) is 25.4. The van der Waals surface area contributed by atoms with Crippen molar-refractivity contribution in [1.82, 2.24) is 15.3 Å². The van der Waals surface area contributed by atoms with Crippen molar-refractivity contribution >= 4 is 11.5 Å². The second kappa shape index (κ2) is 12.8. The number of pyridine rings is 2. The van der Waals surface area contributed by atoms with E-state index in [1.54, 1.807) is 14.2 Å². The number of hydrogen-bond donors (Lipinski definition) is 1. The van der Waals surface area contributed by atoms with Crippen LogP contribution in [-0.4, -0.2) is 36.6 Å². The SMILES string of the molecule is C/C=C(/C)c1nc(-c2cc(C(=O)NC)c(CC(C)C)nc2CC)c(C)cc1CC(CC)COC. The minimum atomic E-state index is -0.100. The minimum absolute atomic E-state index is 0.100. The van der Waals surface area contributed by atoms with Crippen molar-refractivity contribution < 1.29 is 9.53 Å². The molecule has 0 aliphatic heterocycles. The summed E-state index contributed by atoms with van der Waals surface area (Å²) in [5.41, 5.74) is 8.87. The Morgan fingerprint density at radius 1 is 1.15 bits per heavy atom. The van der Waals surface area contributed by atoms with E-state index in [0.717, 1.165) is 71.8 Å². The van der Waals surface area contributed by atoms with E-state index in [4.69, 9.17) is 14.7 Å². The zero-order valence-electron chi connectivity index (χ0n) is 22.6. The van der Waals surface area contributed by atoms with Crippen LogP contribution in [0.3, 0.4) is 0 Å². The molecule has 5 nitrogen and oxygen atoms in total. The van der Waals surface area contributed by atoms with Crippen LogP contribution in [0.5, 0.6) is 0 Å². The third-order valence-electron chi connectivity index (χ3n) is 6.43. The fourth-order valence-electron chi connectivity index (χ4n) is 4.39. The van der Waals surface area contributed by atoms with Gasteiger partial charge in [0.15, 0.2) is 0 Å². The molecule has 1 N–H and O–H groups in total. The largest absolute Gasteiger partial charge is 0.384 e. The molecule has 2 aromatic heterocycles. The molecule has 0 bridgehead atoms. The van der Waals surface area contributed by atoms with Gasteiger partial charge in [-0.3, -0.25) is 9.78 Å². The van der Waals surface area contributed by atoms with Gasteiger partial charge in [-0.2, -0.15) is 0 Å². The normalized spacial score (nSPS) is 12.8. The van der Waals surface area contributed by atoms with Crippen molar-refractivity contribution in [2.75, 3.05) is 20.8 Å². The van der Waals surface area contributed by atoms with Crippen molar-refractivity contribution in [2.24, 2.45) is 11.8 Å². The first-order valence-corrected chi connectivity index (χ1v) is 12.6. The van der Waals surface area contributed by atoms with Gasteiger partial charge in [0.05, 0.1) is 22.6 Å². The van der Waals surface area contributed by atoms with Crippen LogP contribution in [0.1, 0.15) is 86.5 Å². The van der Waals surface area contributed by atoms with Gasteiger partial charge in [0.25, 0.3) is 5.91 Å². The number of allylic oxidation sites excluding steroid dienone is 2. The van der Waals surface area contributed by atoms with E-state index in [-0.39, 0.29) is 5.91 Å². The maximum absolute atomic E-state index is 12.8. The highest BCUT2D eigenvalue weighted by molar-refractivity contribution is 5.96. The third-order valence-corrected chi connectivity index (χ3v) is 6.43. The van der Waals surface area contributed by atoms with E-state index >= 15 is 0 Å². The highest BCUT2D eigenvalue weighted by atomic mass is 16.5. The summed E-state index contributed by atoms with van der Waals surface area (Å²) in [5, 5.41) is 2.79. The van der Waals surface area contributed by atoms with E-state index in [9.17, 15) is 4.79 Å². The second-order valence-corrected chi connectivity index (χ2v) is 9.57. The van der Waals surface area contributed by atoms with Crippen LogP contribution >= 0.6 is 0 Å². The highest BCUT2D eigenvalue weighted by Crippen LogP contribution is 2.32. The number of hydrogen-bond acceptors (Lipinski definition) is 4. The first-order valence-electron chi connectivity index (χ1n) is 12.6. The lowest BCUT2D eigenvalue weighted by molar-refractivity contribution is 0.0961. The summed E-state index contributed by atoms with van der Waals surface area (Å²) < 4.78 is 5.45. The number of amides is 1. The molecule has 2 aromatic rings. The molecular weight excluding hydrogens is 422 g/mol. The van der Waals surface area contributed by atoms with Crippen LogP contribution in [0.4, 0.5) is 0 Å². The first kappa shape index (κ1) is 27.7. The van der Waals surface area contributed by atoms with Gasteiger partial charge in [0, 0.05) is 32.0 Å². The van der Waals surface area contributed by atoms with E-state index < -0.39 is 0 Å². The van der Waals surface area contributed by atoms with Gasteiger partial charge in [0.1, 0.15) is 0 Å². The van der Waals surface area contributed by atoms with E-state index in [0.29, 0.717) is 17.4 Å². The summed E-state index contributed by atoms with van der Waals surface area (Å²) in [6.45, 7) is 15.6. The van der Waals surface area contributed by atoms with Crippen molar-refractivity contribution in [2.45, 2.75) is 74.1 Å². The molecule has 2 heterocycles. The molecule has 2 rings (SSSR count). The summed E-state index contributed by atoms with van der Waals surface area (Å²) in [4.78, 5) is 23.0. The van der Waals surface area contributed by atoms with Crippen LogP contribution in [0.15, 0.2) is 18.2 Å². The first-order chi connectivity index (χ1) is 16.2. The van der Waals surface area contributed by atoms with Crippen molar-refractivity contribution in [3.8, 4) is 11.3 Å². The number of nitrogens with zero attached hydrogens (tertiary/aromatic N) is 2. The Kier molecular flexibility index (Phi) is 10.4. The molecule has 0 aliphatic rings. The summed E-state index contributed by atoms with van der Waals surface area (Å²) in [7, 11) is 3.44. The highest BCUT2D eigenvalue weighted by Gasteiger charge is 2.21. The fourth-order valence-corrected chi connectivity index (χ4v) is 4.39. The van der Waals surface area contributed by atoms with Crippen molar-refractivity contribution in [3.05, 3.63) is 52.0 Å². The quantitative estimate of drug-likeness (QED) is 0.428. The topological polar surface area (TPSA) is 64.1 Å². The Hall–Kier alpha value is -2.53. The van der Waals surface area contributed by atoms with Gasteiger partial charge in [-0.15, -0.1) is 0 Å². The number of ether oxygens (including phenoxy) is 1. The minimum Gasteiger partial charge on any atom is -0.384 e. The molecule has 0 aromatic carbocycles. The number of nitrogens with one attached hydrogen (secondary N) is 1. The predicted molar refractivity (Wildman–Crippen MR) is 142 cm³/mol. The Bertz CT molecular complexity index is 1020. The summed E-state index contributed by atoms with van der Waals surface area (Å²) in [5.74, 6) is 0.758. The predicted octanol–water partition coefficient (Wildman–Crippen LogP) is 6.21. The molecule has 0 spiro atoms. The Morgan fingerprint density at radius 2 is 1.85 bits per heavy atom. The van der Waals surface area contributed by atoms with Crippen LogP contribution in [0, 0.1) is 18.8 Å². The Labute approximate surface area is 206 Å². The van der Waals surface area contributed by atoms with Crippen molar-refractivity contribution in [1.29, 1.82) is 0 Å². The van der Waals surface area contributed by atoms with Gasteiger partial charge >= 0.3 is 0 Å². The Balaban J connectivity index is 2.75. The molecular formula is C29H43N3O2. The molecule has 0 aliphatic carbocycles. The number of carbonyl (C=O) groups is 1. The van der Waals surface area contributed by atoms with E-state index in [2.05, 4.69) is 65.9 Å². The van der Waals surface area contributed by atoms with Crippen LogP contribution in [0.2, 0.25) is 0 Å².